The molecule has 26 heavy (non-hydrogen) atoms. The highest BCUT2D eigenvalue weighted by molar-refractivity contribution is 5.66. The van der Waals surface area contributed by atoms with E-state index >= 15 is 0 Å². The zero-order chi connectivity index (χ0) is 18.9. The molecule has 0 aliphatic rings. The number of rotatable bonds is 17. The van der Waals surface area contributed by atoms with Crippen LogP contribution in [0.25, 0.3) is 0 Å². The van der Waals surface area contributed by atoms with E-state index in [1.165, 1.54) is 76.2 Å². The fraction of sp³-hybridized carbons (Fsp3) is 0.708. The van der Waals surface area contributed by atoms with Crippen molar-refractivity contribution in [1.29, 1.82) is 0 Å². The van der Waals surface area contributed by atoms with Gasteiger partial charge >= 0.3 is 5.97 Å². The fourth-order valence-electron chi connectivity index (χ4n) is 3.75. The predicted molar refractivity (Wildman–Crippen MR) is 112 cm³/mol. The van der Waals surface area contributed by atoms with Crippen LogP contribution in [0, 0.1) is 0 Å². The van der Waals surface area contributed by atoms with Crippen LogP contribution in [0.1, 0.15) is 115 Å². The summed E-state index contributed by atoms with van der Waals surface area (Å²) >= 11 is 0. The molecule has 0 aliphatic carbocycles. The number of carboxylic acids is 1. The van der Waals surface area contributed by atoms with Gasteiger partial charge < -0.3 is 5.11 Å². The molecule has 0 aromatic heterocycles. The molecule has 0 saturated heterocycles. The third-order valence-electron chi connectivity index (χ3n) is 5.37. The Morgan fingerprint density at radius 1 is 0.769 bits per heavy atom. The number of carboxylic acid groups (broad SMARTS) is 1. The lowest BCUT2D eigenvalue weighted by atomic mass is 9.88. The minimum absolute atomic E-state index is 0.320. The molecule has 0 aliphatic heterocycles. The molecule has 0 bridgehead atoms. The van der Waals surface area contributed by atoms with E-state index < -0.39 is 5.97 Å². The van der Waals surface area contributed by atoms with Crippen LogP contribution in [0.3, 0.4) is 0 Å². The number of benzene rings is 1. The van der Waals surface area contributed by atoms with Gasteiger partial charge in [0.2, 0.25) is 0 Å². The zero-order valence-electron chi connectivity index (χ0n) is 16.9. The highest BCUT2D eigenvalue weighted by Gasteiger charge is 2.11. The maximum Gasteiger partial charge on any atom is 0.303 e. The minimum atomic E-state index is -0.665. The summed E-state index contributed by atoms with van der Waals surface area (Å²) in [7, 11) is 0. The number of hydrogen-bond donors (Lipinski definition) is 1. The smallest absolute Gasteiger partial charge is 0.303 e. The van der Waals surface area contributed by atoms with E-state index in [4.69, 9.17) is 5.11 Å². The van der Waals surface area contributed by atoms with Gasteiger partial charge in [-0.2, -0.15) is 0 Å². The Morgan fingerprint density at radius 3 is 1.81 bits per heavy atom. The molecule has 0 fully saturated rings. The molecule has 2 nitrogen and oxygen atoms in total. The topological polar surface area (TPSA) is 37.3 Å². The Morgan fingerprint density at radius 2 is 1.27 bits per heavy atom. The number of unbranched alkanes of at least 4 members (excludes halogenated alkanes) is 10. The fourth-order valence-corrected chi connectivity index (χ4v) is 3.75. The summed E-state index contributed by atoms with van der Waals surface area (Å²) in [6, 6.07) is 11.0. The van der Waals surface area contributed by atoms with E-state index in [9.17, 15) is 4.79 Å². The summed E-state index contributed by atoms with van der Waals surface area (Å²) in [5, 5.41) is 8.71. The minimum Gasteiger partial charge on any atom is -0.481 e. The lowest BCUT2D eigenvalue weighted by molar-refractivity contribution is -0.137. The molecule has 1 aromatic carbocycles. The Balaban J connectivity index is 2.22. The molecule has 148 valence electrons. The Labute approximate surface area is 161 Å². The van der Waals surface area contributed by atoms with E-state index in [0.717, 1.165) is 19.3 Å². The largest absolute Gasteiger partial charge is 0.481 e. The lowest BCUT2D eigenvalue weighted by Crippen LogP contribution is -2.00. The average Bonchev–Trinajstić information content (AvgIpc) is 2.65. The normalized spacial score (nSPS) is 12.2. The van der Waals surface area contributed by atoms with Gasteiger partial charge in [-0.15, -0.1) is 0 Å². The summed E-state index contributed by atoms with van der Waals surface area (Å²) in [5.74, 6) is 0.0117. The summed E-state index contributed by atoms with van der Waals surface area (Å²) in [6.45, 7) is 2.27. The Bertz CT molecular complexity index is 441. The number of aliphatic carboxylic acids is 1. The SMILES string of the molecule is CCCCCCCCCCC(CCCCCCC(=O)O)c1ccccc1. The van der Waals surface area contributed by atoms with Gasteiger partial charge in [0, 0.05) is 6.42 Å². The van der Waals surface area contributed by atoms with Crippen molar-refractivity contribution in [3.63, 3.8) is 0 Å². The van der Waals surface area contributed by atoms with E-state index in [1.54, 1.807) is 0 Å². The van der Waals surface area contributed by atoms with Gasteiger partial charge in [0.05, 0.1) is 0 Å². The summed E-state index contributed by atoms with van der Waals surface area (Å²) < 4.78 is 0. The number of carbonyl (C=O) groups is 1. The highest BCUT2D eigenvalue weighted by Crippen LogP contribution is 2.28. The monoisotopic (exact) mass is 360 g/mol. The third kappa shape index (κ3) is 12.1. The summed E-state index contributed by atoms with van der Waals surface area (Å²) in [4.78, 5) is 10.6. The molecule has 0 saturated carbocycles. The van der Waals surface area contributed by atoms with Gasteiger partial charge in [-0.3, -0.25) is 4.79 Å². The average molecular weight is 361 g/mol. The molecule has 0 heterocycles. The maximum absolute atomic E-state index is 10.6. The molecule has 1 N–H and O–H groups in total. The van der Waals surface area contributed by atoms with E-state index in [0.29, 0.717) is 12.3 Å². The standard InChI is InChI=1S/C24H40O2/c1-2-3-4-5-6-7-8-12-17-22(23-19-14-11-15-20-23)18-13-9-10-16-21-24(25)26/h11,14-15,19-20,22H,2-10,12-13,16-18,21H2,1H3,(H,25,26). The zero-order valence-corrected chi connectivity index (χ0v) is 16.9. The van der Waals surface area contributed by atoms with Crippen LogP contribution in [-0.2, 0) is 4.79 Å². The van der Waals surface area contributed by atoms with Crippen LogP contribution < -0.4 is 0 Å². The summed E-state index contributed by atoms with van der Waals surface area (Å²) in [6.07, 6.45) is 18.1. The van der Waals surface area contributed by atoms with Crippen molar-refractivity contribution in [3.8, 4) is 0 Å². The maximum atomic E-state index is 10.6. The van der Waals surface area contributed by atoms with E-state index in [2.05, 4.69) is 37.3 Å². The first-order valence-corrected chi connectivity index (χ1v) is 11.0. The van der Waals surface area contributed by atoms with Crippen LogP contribution >= 0.6 is 0 Å². The quantitative estimate of drug-likeness (QED) is 0.289. The van der Waals surface area contributed by atoms with Crippen molar-refractivity contribution >= 4 is 5.97 Å². The molecular weight excluding hydrogens is 320 g/mol. The molecule has 0 spiro atoms. The van der Waals surface area contributed by atoms with Crippen LogP contribution in [-0.4, -0.2) is 11.1 Å². The van der Waals surface area contributed by atoms with Crippen molar-refractivity contribution in [2.24, 2.45) is 0 Å². The molecule has 1 rings (SSSR count). The second-order valence-electron chi connectivity index (χ2n) is 7.72. The highest BCUT2D eigenvalue weighted by atomic mass is 16.4. The molecule has 1 aromatic rings. The van der Waals surface area contributed by atoms with E-state index in [-0.39, 0.29) is 0 Å². The Kier molecular flexibility index (Phi) is 13.9. The van der Waals surface area contributed by atoms with Gasteiger partial charge in [0.25, 0.3) is 0 Å². The van der Waals surface area contributed by atoms with E-state index in [1.807, 2.05) is 0 Å². The second-order valence-corrected chi connectivity index (χ2v) is 7.72. The number of hydrogen-bond acceptors (Lipinski definition) is 1. The van der Waals surface area contributed by atoms with Gasteiger partial charge in [0.1, 0.15) is 0 Å². The van der Waals surface area contributed by atoms with Crippen molar-refractivity contribution in [1.82, 2.24) is 0 Å². The van der Waals surface area contributed by atoms with Crippen molar-refractivity contribution < 1.29 is 9.90 Å². The molecule has 2 heteroatoms. The first-order chi connectivity index (χ1) is 12.7. The van der Waals surface area contributed by atoms with Gasteiger partial charge in [-0.05, 0) is 30.7 Å². The molecule has 0 radical (unpaired) electrons. The lowest BCUT2D eigenvalue weighted by Gasteiger charge is -2.17. The summed E-state index contributed by atoms with van der Waals surface area (Å²) in [5.41, 5.74) is 1.49. The van der Waals surface area contributed by atoms with Crippen molar-refractivity contribution in [3.05, 3.63) is 35.9 Å². The van der Waals surface area contributed by atoms with Crippen LogP contribution in [0.15, 0.2) is 30.3 Å². The molecule has 1 unspecified atom stereocenters. The molecule has 0 amide bonds. The predicted octanol–water partition coefficient (Wildman–Crippen LogP) is 7.73. The molecule has 1 atom stereocenters. The van der Waals surface area contributed by atoms with Gasteiger partial charge in [-0.25, -0.2) is 0 Å². The first kappa shape index (κ1) is 22.7. The third-order valence-corrected chi connectivity index (χ3v) is 5.37. The van der Waals surface area contributed by atoms with Gasteiger partial charge in [-0.1, -0.05) is 108 Å². The molecular formula is C24H40O2. The van der Waals surface area contributed by atoms with Crippen molar-refractivity contribution in [2.45, 2.75) is 109 Å². The van der Waals surface area contributed by atoms with Crippen molar-refractivity contribution in [2.75, 3.05) is 0 Å². The second kappa shape index (κ2) is 15.9. The van der Waals surface area contributed by atoms with Crippen LogP contribution in [0.2, 0.25) is 0 Å². The van der Waals surface area contributed by atoms with Gasteiger partial charge in [0.15, 0.2) is 0 Å². The Hall–Kier alpha value is -1.31. The first-order valence-electron chi connectivity index (χ1n) is 11.0. The van der Waals surface area contributed by atoms with Crippen LogP contribution in [0.5, 0.6) is 0 Å². The van der Waals surface area contributed by atoms with Crippen LogP contribution in [0.4, 0.5) is 0 Å².